The molecule has 238 valence electrons. The second-order valence-corrected chi connectivity index (χ2v) is 12.4. The minimum atomic E-state index is -4.81. The van der Waals surface area contributed by atoms with Crippen molar-refractivity contribution in [2.24, 2.45) is 0 Å². The molecule has 0 bridgehead atoms. The van der Waals surface area contributed by atoms with Crippen molar-refractivity contribution in [3.05, 3.63) is 65.5 Å². The number of alkyl halides is 3. The molecule has 1 aliphatic heterocycles. The van der Waals surface area contributed by atoms with Crippen LogP contribution in [0.3, 0.4) is 0 Å². The van der Waals surface area contributed by atoms with E-state index in [0.717, 1.165) is 29.5 Å². The largest absolute Gasteiger partial charge is 0.432 e. The minimum absolute atomic E-state index is 0.134. The number of nitrogens with zero attached hydrogens (tertiary/aromatic N) is 3. The molecule has 1 N–H and O–H groups in total. The summed E-state index contributed by atoms with van der Waals surface area (Å²) in [5.41, 5.74) is -0.982. The summed E-state index contributed by atoms with van der Waals surface area (Å²) in [7, 11) is -4.46. The second-order valence-electron chi connectivity index (χ2n) is 10.3. The number of carbonyl (C=O) groups excluding carboxylic acids is 3. The van der Waals surface area contributed by atoms with Gasteiger partial charge in [-0.1, -0.05) is 50.1 Å². The van der Waals surface area contributed by atoms with Crippen LogP contribution in [0.15, 0.2) is 52.9 Å². The van der Waals surface area contributed by atoms with Crippen molar-refractivity contribution < 1.29 is 45.1 Å². The number of unbranched alkanes of at least 4 members (excludes halogenated alkanes) is 2. The van der Waals surface area contributed by atoms with E-state index in [-0.39, 0.29) is 32.8 Å². The number of nitrogens with one attached hydrogen (secondary N) is 1. The third-order valence-corrected chi connectivity index (χ3v) is 8.58. The van der Waals surface area contributed by atoms with Gasteiger partial charge < -0.3 is 19.4 Å². The van der Waals surface area contributed by atoms with Crippen molar-refractivity contribution in [1.29, 1.82) is 0 Å². The van der Waals surface area contributed by atoms with Gasteiger partial charge in [0.2, 0.25) is 0 Å². The number of halogens is 3. The van der Waals surface area contributed by atoms with Crippen LogP contribution in [0.2, 0.25) is 0 Å². The molecule has 4 rings (SSSR count). The zero-order valence-electron chi connectivity index (χ0n) is 24.0. The number of para-hydroxylation sites is 2. The lowest BCUT2D eigenvalue weighted by Gasteiger charge is -2.30. The molecule has 1 aliphatic rings. The molecule has 2 aromatic carbocycles. The van der Waals surface area contributed by atoms with Gasteiger partial charge in [0.15, 0.2) is 15.4 Å². The van der Waals surface area contributed by atoms with Crippen LogP contribution in [-0.2, 0) is 31.3 Å². The van der Waals surface area contributed by atoms with Gasteiger partial charge in [0.1, 0.15) is 11.6 Å². The highest BCUT2D eigenvalue weighted by Crippen LogP contribution is 2.32. The molecule has 44 heavy (non-hydrogen) atoms. The van der Waals surface area contributed by atoms with Gasteiger partial charge in [0.25, 0.3) is 11.8 Å². The van der Waals surface area contributed by atoms with E-state index < -0.39 is 68.4 Å². The van der Waals surface area contributed by atoms with Gasteiger partial charge in [-0.25, -0.2) is 18.2 Å². The van der Waals surface area contributed by atoms with Gasteiger partial charge in [-0.05, 0) is 30.2 Å². The smallest absolute Gasteiger partial charge is 0.416 e. The van der Waals surface area contributed by atoms with E-state index in [1.165, 1.54) is 11.0 Å². The van der Waals surface area contributed by atoms with E-state index in [1.807, 2.05) is 6.92 Å². The van der Waals surface area contributed by atoms with Crippen LogP contribution in [0, 0.1) is 0 Å². The third-order valence-electron chi connectivity index (χ3n) is 6.99. The molecule has 1 fully saturated rings. The van der Waals surface area contributed by atoms with Crippen molar-refractivity contribution in [3.63, 3.8) is 0 Å². The molecular formula is C29H33F3N4O7S. The number of hydrogen-bond acceptors (Lipinski definition) is 8. The lowest BCUT2D eigenvalue weighted by molar-refractivity contribution is -0.138. The first-order chi connectivity index (χ1) is 20.9. The number of morpholine rings is 1. The van der Waals surface area contributed by atoms with Crippen LogP contribution in [-0.4, -0.2) is 85.7 Å². The van der Waals surface area contributed by atoms with Crippen LogP contribution in [0.1, 0.15) is 48.0 Å². The predicted molar refractivity (Wildman–Crippen MR) is 153 cm³/mol. The summed E-state index contributed by atoms with van der Waals surface area (Å²) in [6, 6.07) is 8.18. The van der Waals surface area contributed by atoms with Gasteiger partial charge in [-0.2, -0.15) is 13.2 Å². The number of ether oxygens (including phenoxy) is 1. The van der Waals surface area contributed by atoms with Crippen molar-refractivity contribution in [2.45, 2.75) is 44.2 Å². The fourth-order valence-corrected chi connectivity index (χ4v) is 6.33. The first kappa shape index (κ1) is 32.9. The number of oxazole rings is 1. The number of hydrogen-bond donors (Lipinski definition) is 1. The SMILES string of the molecule is CCCCCN(C(=O)c1nc2ccccc2o1)C(=O)C(CS(=O)(=O)Cc1ccccc1C(F)(F)F)NC(=O)N1CCOCC1. The van der Waals surface area contributed by atoms with Crippen LogP contribution < -0.4 is 5.32 Å². The molecule has 11 nitrogen and oxygen atoms in total. The molecular weight excluding hydrogens is 605 g/mol. The van der Waals surface area contributed by atoms with Crippen molar-refractivity contribution in [1.82, 2.24) is 20.1 Å². The summed E-state index contributed by atoms with van der Waals surface area (Å²) in [6.45, 7) is 2.55. The number of imide groups is 1. The summed E-state index contributed by atoms with van der Waals surface area (Å²) >= 11 is 0. The fraction of sp³-hybridized carbons (Fsp3) is 0.448. The van der Waals surface area contributed by atoms with Crippen LogP contribution in [0.25, 0.3) is 11.1 Å². The molecule has 1 saturated heterocycles. The Kier molecular flexibility index (Phi) is 10.6. The lowest BCUT2D eigenvalue weighted by Crippen LogP contribution is -2.57. The Morgan fingerprint density at radius 3 is 2.41 bits per heavy atom. The number of sulfone groups is 1. The van der Waals surface area contributed by atoms with E-state index in [0.29, 0.717) is 23.9 Å². The Hall–Kier alpha value is -3.98. The predicted octanol–water partition coefficient (Wildman–Crippen LogP) is 4.03. The molecule has 1 atom stereocenters. The van der Waals surface area contributed by atoms with Gasteiger partial charge in [0.05, 0.1) is 30.3 Å². The number of urea groups is 1. The first-order valence-electron chi connectivity index (χ1n) is 14.1. The Morgan fingerprint density at radius 1 is 1.05 bits per heavy atom. The van der Waals surface area contributed by atoms with Crippen molar-refractivity contribution in [3.8, 4) is 0 Å². The van der Waals surface area contributed by atoms with Crippen LogP contribution >= 0.6 is 0 Å². The van der Waals surface area contributed by atoms with E-state index in [4.69, 9.17) is 9.15 Å². The van der Waals surface area contributed by atoms with Gasteiger partial charge in [0, 0.05) is 19.6 Å². The summed E-state index contributed by atoms with van der Waals surface area (Å²) in [5, 5.41) is 2.41. The van der Waals surface area contributed by atoms with Crippen LogP contribution in [0.5, 0.6) is 0 Å². The number of amides is 4. The number of benzene rings is 2. The Balaban J connectivity index is 1.66. The van der Waals surface area contributed by atoms with Crippen molar-refractivity contribution in [2.75, 3.05) is 38.6 Å². The molecule has 0 spiro atoms. The molecule has 15 heteroatoms. The number of aromatic nitrogens is 1. The zero-order valence-corrected chi connectivity index (χ0v) is 24.8. The molecule has 0 saturated carbocycles. The molecule has 0 aliphatic carbocycles. The average Bonchev–Trinajstić information content (AvgIpc) is 3.43. The zero-order chi connectivity index (χ0) is 31.9. The normalized spacial score (nSPS) is 14.8. The second kappa shape index (κ2) is 14.2. The Bertz CT molecular complexity index is 1550. The first-order valence-corrected chi connectivity index (χ1v) is 15.9. The maximum Gasteiger partial charge on any atom is 0.416 e. The molecule has 1 aromatic heterocycles. The molecule has 3 aromatic rings. The highest BCUT2D eigenvalue weighted by molar-refractivity contribution is 7.90. The standard InChI is InChI=1S/C29H33F3N4O7S/c1-2-3-8-13-36(27(38)25-33-22-11-6-7-12-24(22)43-25)26(37)23(34-28(39)35-14-16-42-17-15-35)19-44(40,41)18-20-9-4-5-10-21(20)29(30,31)32/h4-7,9-12,23H,2-3,8,13-19H2,1H3,(H,34,39). The Morgan fingerprint density at radius 2 is 1.73 bits per heavy atom. The minimum Gasteiger partial charge on any atom is -0.432 e. The quantitative estimate of drug-likeness (QED) is 0.311. The molecule has 2 heterocycles. The topological polar surface area (TPSA) is 139 Å². The number of carbonyl (C=O) groups is 3. The van der Waals surface area contributed by atoms with E-state index in [9.17, 15) is 36.0 Å². The van der Waals surface area contributed by atoms with Gasteiger partial charge in [-0.15, -0.1) is 0 Å². The summed E-state index contributed by atoms with van der Waals surface area (Å²) in [5.74, 6) is -4.50. The lowest BCUT2D eigenvalue weighted by atomic mass is 10.1. The highest BCUT2D eigenvalue weighted by Gasteiger charge is 2.38. The monoisotopic (exact) mass is 638 g/mol. The molecule has 4 amide bonds. The Labute approximate surface area is 252 Å². The summed E-state index contributed by atoms with van der Waals surface area (Å²) in [4.78, 5) is 46.9. The number of fused-ring (bicyclic) bond motifs is 1. The fourth-order valence-electron chi connectivity index (χ4n) is 4.75. The summed E-state index contributed by atoms with van der Waals surface area (Å²) in [6.07, 6.45) is -3.08. The highest BCUT2D eigenvalue weighted by atomic mass is 32.2. The maximum absolute atomic E-state index is 14.0. The van der Waals surface area contributed by atoms with Crippen molar-refractivity contribution >= 4 is 38.8 Å². The van der Waals surface area contributed by atoms with Gasteiger partial charge in [-0.3, -0.25) is 14.5 Å². The third kappa shape index (κ3) is 8.34. The maximum atomic E-state index is 14.0. The van der Waals surface area contributed by atoms with E-state index in [2.05, 4.69) is 10.3 Å². The van der Waals surface area contributed by atoms with Gasteiger partial charge >= 0.3 is 18.1 Å². The van der Waals surface area contributed by atoms with E-state index >= 15 is 0 Å². The molecule has 0 radical (unpaired) electrons. The van der Waals surface area contributed by atoms with E-state index in [1.54, 1.807) is 24.3 Å². The average molecular weight is 639 g/mol. The number of rotatable bonds is 11. The summed E-state index contributed by atoms with van der Waals surface area (Å²) < 4.78 is 78.3. The molecule has 1 unspecified atom stereocenters. The van der Waals surface area contributed by atoms with Crippen LogP contribution in [0.4, 0.5) is 18.0 Å².